The van der Waals surface area contributed by atoms with E-state index in [1.165, 1.54) is 34.2 Å². The van der Waals surface area contributed by atoms with Crippen LogP contribution in [-0.2, 0) is 4.79 Å². The molecule has 2 aromatic rings. The molecule has 1 aromatic heterocycles. The van der Waals surface area contributed by atoms with Gasteiger partial charge in [-0.25, -0.2) is 0 Å². The first-order chi connectivity index (χ1) is 12.0. The highest BCUT2D eigenvalue weighted by Gasteiger charge is 2.14. The molecule has 0 spiro atoms. The molecular formula is C17H21N5OS2. The van der Waals surface area contributed by atoms with Crippen molar-refractivity contribution in [3.8, 4) is 6.07 Å². The molecule has 132 valence electrons. The lowest BCUT2D eigenvalue weighted by Crippen LogP contribution is -2.32. The summed E-state index contributed by atoms with van der Waals surface area (Å²) in [5, 5.41) is 20.9. The Kier molecular flexibility index (Phi) is 7.22. The highest BCUT2D eigenvalue weighted by atomic mass is 32.2. The maximum absolute atomic E-state index is 12.2. The van der Waals surface area contributed by atoms with Gasteiger partial charge in [-0.05, 0) is 38.0 Å². The van der Waals surface area contributed by atoms with Crippen molar-refractivity contribution in [3.63, 3.8) is 0 Å². The zero-order valence-corrected chi connectivity index (χ0v) is 16.2. The van der Waals surface area contributed by atoms with Crippen LogP contribution in [0.3, 0.4) is 0 Å². The van der Waals surface area contributed by atoms with Crippen molar-refractivity contribution < 1.29 is 4.79 Å². The molecule has 0 aliphatic rings. The molecule has 0 fully saturated rings. The van der Waals surface area contributed by atoms with Crippen LogP contribution in [0.1, 0.15) is 24.5 Å². The number of rotatable bonds is 8. The highest BCUT2D eigenvalue weighted by molar-refractivity contribution is 8.01. The minimum atomic E-state index is 0.0157. The summed E-state index contributed by atoms with van der Waals surface area (Å²) in [7, 11) is 0. The minimum absolute atomic E-state index is 0.0157. The van der Waals surface area contributed by atoms with Crippen LogP contribution in [0.5, 0.6) is 0 Å². The molecule has 8 heteroatoms. The maximum atomic E-state index is 12.2. The van der Waals surface area contributed by atoms with Crippen molar-refractivity contribution in [2.45, 2.75) is 31.5 Å². The normalized spacial score (nSPS) is 10.3. The first-order valence-electron chi connectivity index (χ1n) is 7.99. The number of hydrogen-bond donors (Lipinski definition) is 1. The Morgan fingerprint density at radius 1 is 1.40 bits per heavy atom. The third-order valence-corrected chi connectivity index (χ3v) is 5.76. The smallest absolute Gasteiger partial charge is 0.233 e. The van der Waals surface area contributed by atoms with E-state index in [0.717, 1.165) is 10.0 Å². The van der Waals surface area contributed by atoms with Crippen LogP contribution in [0.25, 0.3) is 0 Å². The summed E-state index contributed by atoms with van der Waals surface area (Å²) in [4.78, 5) is 13.9. The molecule has 0 atom stereocenters. The zero-order valence-electron chi connectivity index (χ0n) is 14.6. The molecule has 1 N–H and O–H groups in total. The number of hydrogen-bond acceptors (Lipinski definition) is 7. The van der Waals surface area contributed by atoms with Crippen LogP contribution in [-0.4, -0.2) is 39.8 Å². The second kappa shape index (κ2) is 9.39. The molecule has 1 amide bonds. The lowest BCUT2D eigenvalue weighted by molar-refractivity contribution is -0.128. The van der Waals surface area contributed by atoms with Crippen molar-refractivity contribution in [1.29, 1.82) is 5.26 Å². The van der Waals surface area contributed by atoms with E-state index in [2.05, 4.69) is 41.5 Å². The fourth-order valence-electron chi connectivity index (χ4n) is 2.18. The molecule has 6 nitrogen and oxygen atoms in total. The Bertz CT molecular complexity index is 769. The summed E-state index contributed by atoms with van der Waals surface area (Å²) < 4.78 is 0.748. The van der Waals surface area contributed by atoms with Gasteiger partial charge in [-0.3, -0.25) is 4.79 Å². The van der Waals surface area contributed by atoms with Crippen LogP contribution < -0.4 is 5.32 Å². The number of carbonyl (C=O) groups is 1. The number of aryl methyl sites for hydroxylation is 1. The van der Waals surface area contributed by atoms with Gasteiger partial charge in [0.05, 0.1) is 18.2 Å². The molecule has 0 saturated heterocycles. The lowest BCUT2D eigenvalue weighted by Gasteiger charge is -2.18. The van der Waals surface area contributed by atoms with Crippen LogP contribution in [0.15, 0.2) is 22.5 Å². The molecule has 1 aromatic carbocycles. The average molecular weight is 376 g/mol. The van der Waals surface area contributed by atoms with Gasteiger partial charge < -0.3 is 10.2 Å². The number of nitriles is 1. The summed E-state index contributed by atoms with van der Waals surface area (Å²) in [6.07, 6.45) is 0.354. The number of nitrogens with zero attached hydrogens (tertiary/aromatic N) is 4. The van der Waals surface area contributed by atoms with Gasteiger partial charge in [-0.1, -0.05) is 35.2 Å². The molecule has 0 aliphatic heterocycles. The topological polar surface area (TPSA) is 81.9 Å². The van der Waals surface area contributed by atoms with Crippen molar-refractivity contribution in [3.05, 3.63) is 29.3 Å². The number of thioether (sulfide) groups is 1. The summed E-state index contributed by atoms with van der Waals surface area (Å²) in [6, 6.07) is 8.14. The first-order valence-corrected chi connectivity index (χ1v) is 9.79. The number of carbonyl (C=O) groups excluding carboxylic acids is 1. The summed E-state index contributed by atoms with van der Waals surface area (Å²) in [5.74, 6) is 0.319. The number of anilines is 2. The van der Waals surface area contributed by atoms with E-state index in [-0.39, 0.29) is 5.91 Å². The van der Waals surface area contributed by atoms with Gasteiger partial charge in [0.1, 0.15) is 0 Å². The van der Waals surface area contributed by atoms with Gasteiger partial charge in [-0.15, -0.1) is 10.2 Å². The quantitative estimate of drug-likeness (QED) is 0.708. The predicted molar refractivity (Wildman–Crippen MR) is 102 cm³/mol. The van der Waals surface area contributed by atoms with E-state index >= 15 is 0 Å². The standard InChI is InChI=1S/C17H21N5OS2/c1-4-22(10-6-9-18)15(23)11-24-17-21-20-16(25-17)19-14-8-5-7-12(2)13(14)3/h5,7-8H,4,6,10-11H2,1-3H3,(H,19,20). The van der Waals surface area contributed by atoms with Crippen LogP contribution in [0, 0.1) is 25.2 Å². The molecular weight excluding hydrogens is 354 g/mol. The van der Waals surface area contributed by atoms with Crippen LogP contribution in [0.2, 0.25) is 0 Å². The third-order valence-electron chi connectivity index (χ3n) is 3.80. The van der Waals surface area contributed by atoms with E-state index in [1.54, 1.807) is 4.90 Å². The largest absolute Gasteiger partial charge is 0.341 e. The van der Waals surface area contributed by atoms with E-state index in [4.69, 9.17) is 5.26 Å². The van der Waals surface area contributed by atoms with Gasteiger partial charge >= 0.3 is 0 Å². The predicted octanol–water partition coefficient (Wildman–Crippen LogP) is 3.75. The van der Waals surface area contributed by atoms with Gasteiger partial charge in [0.15, 0.2) is 4.34 Å². The minimum Gasteiger partial charge on any atom is -0.341 e. The van der Waals surface area contributed by atoms with Crippen molar-refractivity contribution in [2.24, 2.45) is 0 Å². The molecule has 0 radical (unpaired) electrons. The van der Waals surface area contributed by atoms with Gasteiger partial charge in [0.2, 0.25) is 11.0 Å². The van der Waals surface area contributed by atoms with Gasteiger partial charge in [0, 0.05) is 18.8 Å². The van der Waals surface area contributed by atoms with Crippen LogP contribution >= 0.6 is 23.1 Å². The lowest BCUT2D eigenvalue weighted by atomic mass is 10.1. The summed E-state index contributed by atoms with van der Waals surface area (Å²) in [5.41, 5.74) is 3.40. The van der Waals surface area contributed by atoms with Crippen molar-refractivity contribution in [2.75, 3.05) is 24.2 Å². The number of benzene rings is 1. The Balaban J connectivity index is 1.92. The summed E-state index contributed by atoms with van der Waals surface area (Å²) >= 11 is 2.80. The van der Waals surface area contributed by atoms with E-state index in [1.807, 2.05) is 19.1 Å². The first kappa shape index (κ1) is 19.2. The third kappa shape index (κ3) is 5.44. The molecule has 0 bridgehead atoms. The molecule has 0 unspecified atom stereocenters. The number of nitrogens with one attached hydrogen (secondary N) is 1. The fraction of sp³-hybridized carbons (Fsp3) is 0.412. The SMILES string of the molecule is CCN(CCC#N)C(=O)CSc1nnc(Nc2cccc(C)c2C)s1. The Morgan fingerprint density at radius 2 is 2.20 bits per heavy atom. The zero-order chi connectivity index (χ0) is 18.2. The van der Waals surface area contributed by atoms with Crippen LogP contribution in [0.4, 0.5) is 10.8 Å². The van der Waals surface area contributed by atoms with E-state index in [9.17, 15) is 4.79 Å². The number of aromatic nitrogens is 2. The second-order valence-electron chi connectivity index (χ2n) is 5.42. The van der Waals surface area contributed by atoms with Gasteiger partial charge in [-0.2, -0.15) is 5.26 Å². The van der Waals surface area contributed by atoms with Crippen molar-refractivity contribution >= 4 is 39.8 Å². The monoisotopic (exact) mass is 375 g/mol. The van der Waals surface area contributed by atoms with E-state index < -0.39 is 0 Å². The molecule has 0 aliphatic carbocycles. The van der Waals surface area contributed by atoms with Gasteiger partial charge in [0.25, 0.3) is 0 Å². The number of amides is 1. The molecule has 2 rings (SSSR count). The molecule has 25 heavy (non-hydrogen) atoms. The molecule has 0 saturated carbocycles. The van der Waals surface area contributed by atoms with Crippen molar-refractivity contribution in [1.82, 2.24) is 15.1 Å². The second-order valence-corrected chi connectivity index (χ2v) is 7.62. The average Bonchev–Trinajstić information content (AvgIpc) is 3.05. The highest BCUT2D eigenvalue weighted by Crippen LogP contribution is 2.29. The molecule has 1 heterocycles. The maximum Gasteiger partial charge on any atom is 0.233 e. The fourth-order valence-corrected chi connectivity index (χ4v) is 3.85. The Hall–Kier alpha value is -2.11. The Labute approximate surface area is 156 Å². The summed E-state index contributed by atoms with van der Waals surface area (Å²) in [6.45, 7) is 7.13. The van der Waals surface area contributed by atoms with E-state index in [0.29, 0.717) is 30.4 Å². The Morgan fingerprint density at radius 3 is 2.92 bits per heavy atom.